The third kappa shape index (κ3) is 6.10. The monoisotopic (exact) mass is 568 g/mol. The van der Waals surface area contributed by atoms with E-state index in [1.807, 2.05) is 48.5 Å². The van der Waals surface area contributed by atoms with Crippen LogP contribution in [0.3, 0.4) is 0 Å². The molecule has 1 aliphatic rings. The van der Waals surface area contributed by atoms with Crippen LogP contribution in [0.1, 0.15) is 65.0 Å². The third-order valence-electron chi connectivity index (χ3n) is 9.06. The summed E-state index contributed by atoms with van der Waals surface area (Å²) in [5, 5.41) is 0. The van der Waals surface area contributed by atoms with E-state index in [2.05, 4.69) is 81.4 Å². The number of nitrogens with two attached hydrogens (primary N) is 2. The highest BCUT2D eigenvalue weighted by molar-refractivity contribution is 5.51. The van der Waals surface area contributed by atoms with Crippen molar-refractivity contribution >= 4 is 11.4 Å². The SMILES string of the molecule is Cc1ccc(C2CCC(c3ccc(Oc4ccc(N)cc4)c(C)c3)(c3ccc(Oc4ccc(N)cc4)c(C)c3)CC2)cc1. The van der Waals surface area contributed by atoms with Gasteiger partial charge in [0.2, 0.25) is 0 Å². The molecule has 0 spiro atoms. The standard InChI is InChI=1S/C39H40N2O2/c1-26-4-6-29(7-5-26)30-20-22-39(23-21-30,31-8-18-37(27(2)24-31)42-35-14-10-33(40)11-15-35)32-9-19-38(28(3)25-32)43-36-16-12-34(41)13-17-36/h4-19,24-25,30H,20-23,40-41H2,1-3H3. The van der Waals surface area contributed by atoms with Crippen LogP contribution >= 0.6 is 0 Å². The van der Waals surface area contributed by atoms with E-state index in [1.165, 1.54) is 22.3 Å². The summed E-state index contributed by atoms with van der Waals surface area (Å²) in [6, 6.07) is 37.6. The molecule has 4 N–H and O–H groups in total. The second kappa shape index (κ2) is 11.9. The van der Waals surface area contributed by atoms with E-state index < -0.39 is 0 Å². The lowest BCUT2D eigenvalue weighted by Gasteiger charge is -2.42. The highest BCUT2D eigenvalue weighted by atomic mass is 16.5. The molecule has 0 unspecified atom stereocenters. The van der Waals surface area contributed by atoms with Gasteiger partial charge in [-0.15, -0.1) is 0 Å². The molecule has 4 heteroatoms. The maximum Gasteiger partial charge on any atom is 0.130 e. The Bertz CT molecular complexity index is 1600. The molecule has 5 aromatic rings. The quantitative estimate of drug-likeness (QED) is 0.192. The van der Waals surface area contributed by atoms with Gasteiger partial charge in [0.1, 0.15) is 23.0 Å². The second-order valence-corrected chi connectivity index (χ2v) is 12.1. The Morgan fingerprint density at radius 2 is 1.00 bits per heavy atom. The molecular weight excluding hydrogens is 528 g/mol. The smallest absolute Gasteiger partial charge is 0.130 e. The Morgan fingerprint density at radius 3 is 1.42 bits per heavy atom. The number of hydrogen-bond acceptors (Lipinski definition) is 4. The number of anilines is 2. The number of rotatable bonds is 7. The topological polar surface area (TPSA) is 70.5 Å². The first kappa shape index (κ1) is 28.4. The highest BCUT2D eigenvalue weighted by Crippen LogP contribution is 2.50. The minimum absolute atomic E-state index is 0.101. The number of ether oxygens (including phenoxy) is 2. The van der Waals surface area contributed by atoms with E-state index in [-0.39, 0.29) is 5.41 Å². The number of nitrogen functional groups attached to an aromatic ring is 2. The largest absolute Gasteiger partial charge is 0.457 e. The zero-order valence-electron chi connectivity index (χ0n) is 25.3. The molecule has 0 bridgehead atoms. The Morgan fingerprint density at radius 1 is 0.558 bits per heavy atom. The Labute approximate surface area is 255 Å². The Balaban J connectivity index is 1.33. The fourth-order valence-electron chi connectivity index (χ4n) is 6.48. The molecule has 43 heavy (non-hydrogen) atoms. The minimum atomic E-state index is -0.101. The summed E-state index contributed by atoms with van der Waals surface area (Å²) < 4.78 is 12.5. The van der Waals surface area contributed by atoms with Crippen LogP contribution < -0.4 is 20.9 Å². The molecule has 0 atom stereocenters. The van der Waals surface area contributed by atoms with E-state index in [9.17, 15) is 0 Å². The van der Waals surface area contributed by atoms with Gasteiger partial charge < -0.3 is 20.9 Å². The van der Waals surface area contributed by atoms with Crippen molar-refractivity contribution in [1.29, 1.82) is 0 Å². The molecule has 1 saturated carbocycles. The van der Waals surface area contributed by atoms with Crippen molar-refractivity contribution in [2.75, 3.05) is 11.5 Å². The molecule has 6 rings (SSSR count). The van der Waals surface area contributed by atoms with Gasteiger partial charge in [0, 0.05) is 16.8 Å². The molecule has 0 aliphatic heterocycles. The van der Waals surface area contributed by atoms with Crippen molar-refractivity contribution in [3.8, 4) is 23.0 Å². The molecule has 1 fully saturated rings. The van der Waals surface area contributed by atoms with Gasteiger partial charge in [0.25, 0.3) is 0 Å². The van der Waals surface area contributed by atoms with Crippen LogP contribution in [0.15, 0.2) is 109 Å². The molecule has 0 heterocycles. The summed E-state index contributed by atoms with van der Waals surface area (Å²) in [6.07, 6.45) is 4.41. The average molecular weight is 569 g/mol. The lowest BCUT2D eigenvalue weighted by Crippen LogP contribution is -2.33. The molecular formula is C39H40N2O2. The predicted octanol–water partition coefficient (Wildman–Crippen LogP) is 10.0. The molecule has 0 amide bonds. The van der Waals surface area contributed by atoms with Crippen molar-refractivity contribution < 1.29 is 9.47 Å². The summed E-state index contributed by atoms with van der Waals surface area (Å²) in [4.78, 5) is 0. The predicted molar refractivity (Wildman–Crippen MR) is 177 cm³/mol. The number of benzene rings is 5. The first-order valence-corrected chi connectivity index (χ1v) is 15.1. The lowest BCUT2D eigenvalue weighted by atomic mass is 9.62. The van der Waals surface area contributed by atoms with Crippen LogP contribution in [-0.4, -0.2) is 0 Å². The summed E-state index contributed by atoms with van der Waals surface area (Å²) in [7, 11) is 0. The molecule has 0 radical (unpaired) electrons. The zero-order chi connectivity index (χ0) is 30.0. The molecule has 1 aliphatic carbocycles. The maximum absolute atomic E-state index is 6.25. The van der Waals surface area contributed by atoms with E-state index >= 15 is 0 Å². The molecule has 4 nitrogen and oxygen atoms in total. The van der Waals surface area contributed by atoms with Crippen molar-refractivity contribution in [2.45, 2.75) is 57.8 Å². The van der Waals surface area contributed by atoms with E-state index in [1.54, 1.807) is 0 Å². The van der Waals surface area contributed by atoms with Crippen molar-refractivity contribution in [1.82, 2.24) is 0 Å². The third-order valence-corrected chi connectivity index (χ3v) is 9.06. The summed E-state index contributed by atoms with van der Waals surface area (Å²) in [5.41, 5.74) is 20.8. The fraction of sp³-hybridized carbons (Fsp3) is 0.231. The van der Waals surface area contributed by atoms with Gasteiger partial charge in [-0.05, 0) is 141 Å². The van der Waals surface area contributed by atoms with Gasteiger partial charge in [-0.2, -0.15) is 0 Å². The average Bonchev–Trinajstić information content (AvgIpc) is 3.02. The molecule has 5 aromatic carbocycles. The van der Waals surface area contributed by atoms with Crippen molar-refractivity contribution in [3.63, 3.8) is 0 Å². The number of aryl methyl sites for hydroxylation is 3. The normalized spacial score (nSPS) is 14.8. The van der Waals surface area contributed by atoms with E-state index in [0.29, 0.717) is 5.92 Å². The van der Waals surface area contributed by atoms with Crippen molar-refractivity contribution in [3.05, 3.63) is 143 Å². The van der Waals surface area contributed by atoms with Crippen LogP contribution in [-0.2, 0) is 5.41 Å². The molecule has 218 valence electrons. The fourth-order valence-corrected chi connectivity index (χ4v) is 6.48. The van der Waals surface area contributed by atoms with Crippen LogP contribution in [0.25, 0.3) is 0 Å². The molecule has 0 aromatic heterocycles. The highest BCUT2D eigenvalue weighted by Gasteiger charge is 2.39. The summed E-state index contributed by atoms with van der Waals surface area (Å²) in [5.74, 6) is 3.86. The first-order valence-electron chi connectivity index (χ1n) is 15.1. The summed E-state index contributed by atoms with van der Waals surface area (Å²) in [6.45, 7) is 6.43. The van der Waals surface area contributed by atoms with Gasteiger partial charge in [0.15, 0.2) is 0 Å². The number of hydrogen-bond donors (Lipinski definition) is 2. The van der Waals surface area contributed by atoms with Gasteiger partial charge in [0.05, 0.1) is 0 Å². The summed E-state index contributed by atoms with van der Waals surface area (Å²) >= 11 is 0. The lowest BCUT2D eigenvalue weighted by molar-refractivity contribution is 0.314. The Hall–Kier alpha value is -4.70. The van der Waals surface area contributed by atoms with E-state index in [4.69, 9.17) is 20.9 Å². The van der Waals surface area contributed by atoms with Crippen LogP contribution in [0, 0.1) is 20.8 Å². The van der Waals surface area contributed by atoms with Crippen molar-refractivity contribution in [2.24, 2.45) is 0 Å². The van der Waals surface area contributed by atoms with Gasteiger partial charge in [-0.3, -0.25) is 0 Å². The van der Waals surface area contributed by atoms with E-state index in [0.717, 1.165) is 71.2 Å². The Kier molecular flexibility index (Phi) is 7.86. The van der Waals surface area contributed by atoms with Gasteiger partial charge in [-0.1, -0.05) is 54.1 Å². The van der Waals surface area contributed by atoms with Gasteiger partial charge >= 0.3 is 0 Å². The maximum atomic E-state index is 6.25. The van der Waals surface area contributed by atoms with Crippen LogP contribution in [0.4, 0.5) is 11.4 Å². The van der Waals surface area contributed by atoms with Gasteiger partial charge in [-0.25, -0.2) is 0 Å². The molecule has 0 saturated heterocycles. The van der Waals surface area contributed by atoms with Crippen LogP contribution in [0.2, 0.25) is 0 Å². The first-order chi connectivity index (χ1) is 20.8. The minimum Gasteiger partial charge on any atom is -0.457 e. The second-order valence-electron chi connectivity index (χ2n) is 12.1. The van der Waals surface area contributed by atoms with Crippen LogP contribution in [0.5, 0.6) is 23.0 Å². The zero-order valence-corrected chi connectivity index (χ0v) is 25.3.